The number of furan rings is 1. The Balaban J connectivity index is 2.58. The molecule has 5 heteroatoms. The summed E-state index contributed by atoms with van der Waals surface area (Å²) >= 11 is 0. The summed E-state index contributed by atoms with van der Waals surface area (Å²) in [5, 5.41) is 9.49. The van der Waals surface area contributed by atoms with Crippen molar-refractivity contribution in [1.29, 1.82) is 0 Å². The van der Waals surface area contributed by atoms with Crippen LogP contribution in [0.4, 0.5) is 0 Å². The number of aliphatic hydroxyl groups is 1. The lowest BCUT2D eigenvalue weighted by Crippen LogP contribution is -2.36. The molecule has 0 aromatic carbocycles. The van der Waals surface area contributed by atoms with Crippen molar-refractivity contribution in [2.24, 2.45) is 0 Å². The minimum Gasteiger partial charge on any atom is -0.469 e. The normalized spacial score (nSPS) is 12.5. The Morgan fingerprint density at radius 2 is 2.38 bits per heavy atom. The van der Waals surface area contributed by atoms with Gasteiger partial charge in [-0.2, -0.15) is 0 Å². The molecule has 0 aliphatic carbocycles. The predicted molar refractivity (Wildman–Crippen MR) is 58.3 cm³/mol. The second-order valence-corrected chi connectivity index (χ2v) is 3.69. The predicted octanol–water partition coefficient (Wildman–Crippen LogP) is 0.667. The average molecular weight is 227 g/mol. The van der Waals surface area contributed by atoms with Crippen LogP contribution in [0.1, 0.15) is 16.1 Å². The van der Waals surface area contributed by atoms with Gasteiger partial charge in [0.2, 0.25) is 0 Å². The highest BCUT2D eigenvalue weighted by Gasteiger charge is 2.18. The maximum absolute atomic E-state index is 11.9. The number of likely N-dealkylation sites (N-methyl/N-ethyl adjacent to an activating group) is 1. The van der Waals surface area contributed by atoms with Crippen LogP contribution < -0.4 is 0 Å². The standard InChI is InChI=1S/C11H17NO4/c1-8-10(4-5-16-8)11(14)12(2)6-9(13)7-15-3/h4-5,9,13H,6-7H2,1-3H3. The Morgan fingerprint density at radius 1 is 1.69 bits per heavy atom. The van der Waals surface area contributed by atoms with Crippen LogP contribution >= 0.6 is 0 Å². The molecule has 90 valence electrons. The van der Waals surface area contributed by atoms with Gasteiger partial charge in [-0.25, -0.2) is 0 Å². The van der Waals surface area contributed by atoms with Gasteiger partial charge >= 0.3 is 0 Å². The maximum atomic E-state index is 11.9. The highest BCUT2D eigenvalue weighted by molar-refractivity contribution is 5.94. The lowest BCUT2D eigenvalue weighted by Gasteiger charge is -2.20. The van der Waals surface area contributed by atoms with Crippen LogP contribution in [0, 0.1) is 6.92 Å². The smallest absolute Gasteiger partial charge is 0.257 e. The van der Waals surface area contributed by atoms with Crippen molar-refractivity contribution in [2.75, 3.05) is 27.3 Å². The van der Waals surface area contributed by atoms with E-state index in [-0.39, 0.29) is 19.1 Å². The molecule has 1 heterocycles. The first-order valence-corrected chi connectivity index (χ1v) is 5.02. The minimum absolute atomic E-state index is 0.165. The van der Waals surface area contributed by atoms with Crippen molar-refractivity contribution in [3.8, 4) is 0 Å². The fourth-order valence-corrected chi connectivity index (χ4v) is 1.46. The van der Waals surface area contributed by atoms with Crippen LogP contribution in [0.5, 0.6) is 0 Å². The molecular formula is C11H17NO4. The molecule has 5 nitrogen and oxygen atoms in total. The van der Waals surface area contributed by atoms with E-state index in [1.54, 1.807) is 20.0 Å². The Bertz CT molecular complexity index is 348. The van der Waals surface area contributed by atoms with Gasteiger partial charge in [0.25, 0.3) is 5.91 Å². The number of ether oxygens (including phenoxy) is 1. The quantitative estimate of drug-likeness (QED) is 0.803. The van der Waals surface area contributed by atoms with Gasteiger partial charge in [-0.1, -0.05) is 0 Å². The van der Waals surface area contributed by atoms with E-state index in [0.29, 0.717) is 11.3 Å². The van der Waals surface area contributed by atoms with E-state index in [9.17, 15) is 9.90 Å². The number of hydrogen-bond acceptors (Lipinski definition) is 4. The van der Waals surface area contributed by atoms with Gasteiger partial charge in [0.05, 0.1) is 24.5 Å². The zero-order chi connectivity index (χ0) is 12.1. The summed E-state index contributed by atoms with van der Waals surface area (Å²) in [5.41, 5.74) is 0.520. The number of rotatable bonds is 5. The second kappa shape index (κ2) is 5.67. The molecule has 0 saturated heterocycles. The average Bonchev–Trinajstić information content (AvgIpc) is 2.63. The van der Waals surface area contributed by atoms with E-state index in [1.165, 1.54) is 18.3 Å². The third-order valence-electron chi connectivity index (χ3n) is 2.28. The minimum atomic E-state index is -0.675. The van der Waals surface area contributed by atoms with E-state index in [4.69, 9.17) is 9.15 Å². The SMILES string of the molecule is COCC(O)CN(C)C(=O)c1ccoc1C. The first-order chi connectivity index (χ1) is 7.56. The summed E-state index contributed by atoms with van der Waals surface area (Å²) in [7, 11) is 3.14. The van der Waals surface area contributed by atoms with Gasteiger partial charge in [0.15, 0.2) is 0 Å². The van der Waals surface area contributed by atoms with Gasteiger partial charge < -0.3 is 19.2 Å². The largest absolute Gasteiger partial charge is 0.469 e. The van der Waals surface area contributed by atoms with Gasteiger partial charge in [0, 0.05) is 20.7 Å². The Hall–Kier alpha value is -1.33. The first-order valence-electron chi connectivity index (χ1n) is 5.02. The molecule has 1 rings (SSSR count). The van der Waals surface area contributed by atoms with Crippen LogP contribution in [0.25, 0.3) is 0 Å². The molecule has 1 aromatic heterocycles. The summed E-state index contributed by atoms with van der Waals surface area (Å²) in [6.07, 6.45) is 0.799. The third-order valence-corrected chi connectivity index (χ3v) is 2.28. The summed E-state index contributed by atoms with van der Waals surface area (Å²) in [4.78, 5) is 13.3. The molecule has 1 amide bonds. The highest BCUT2D eigenvalue weighted by atomic mass is 16.5. The van der Waals surface area contributed by atoms with Crippen molar-refractivity contribution in [1.82, 2.24) is 4.90 Å². The van der Waals surface area contributed by atoms with Crippen molar-refractivity contribution >= 4 is 5.91 Å². The summed E-state index contributed by atoms with van der Waals surface area (Å²) in [5.74, 6) is 0.416. The molecule has 1 unspecified atom stereocenters. The topological polar surface area (TPSA) is 62.9 Å². The molecule has 1 N–H and O–H groups in total. The molecule has 0 fully saturated rings. The molecule has 0 spiro atoms. The van der Waals surface area contributed by atoms with Gasteiger partial charge in [-0.15, -0.1) is 0 Å². The highest BCUT2D eigenvalue weighted by Crippen LogP contribution is 2.11. The summed E-state index contributed by atoms with van der Waals surface area (Å²) in [6.45, 7) is 2.17. The number of aliphatic hydroxyl groups excluding tert-OH is 1. The number of aryl methyl sites for hydroxylation is 1. The first kappa shape index (κ1) is 12.7. The second-order valence-electron chi connectivity index (χ2n) is 3.69. The van der Waals surface area contributed by atoms with E-state index in [0.717, 1.165) is 0 Å². The van der Waals surface area contributed by atoms with Crippen LogP contribution in [-0.4, -0.2) is 49.3 Å². The van der Waals surface area contributed by atoms with Crippen LogP contribution in [-0.2, 0) is 4.74 Å². The Labute approximate surface area is 94.6 Å². The van der Waals surface area contributed by atoms with Crippen molar-refractivity contribution in [2.45, 2.75) is 13.0 Å². The van der Waals surface area contributed by atoms with Gasteiger partial charge in [0.1, 0.15) is 5.76 Å². The molecule has 0 bridgehead atoms. The zero-order valence-corrected chi connectivity index (χ0v) is 9.77. The molecule has 0 aliphatic rings. The molecular weight excluding hydrogens is 210 g/mol. The lowest BCUT2D eigenvalue weighted by atomic mass is 10.2. The van der Waals surface area contributed by atoms with Crippen LogP contribution in [0.3, 0.4) is 0 Å². The fraction of sp³-hybridized carbons (Fsp3) is 0.545. The maximum Gasteiger partial charge on any atom is 0.257 e. The molecule has 1 aromatic rings. The summed E-state index contributed by atoms with van der Waals surface area (Å²) < 4.78 is 9.85. The van der Waals surface area contributed by atoms with E-state index >= 15 is 0 Å². The van der Waals surface area contributed by atoms with Crippen molar-refractivity contribution < 1.29 is 19.1 Å². The number of nitrogens with zero attached hydrogens (tertiary/aromatic N) is 1. The van der Waals surface area contributed by atoms with E-state index in [1.807, 2.05) is 0 Å². The Morgan fingerprint density at radius 3 is 2.88 bits per heavy atom. The van der Waals surface area contributed by atoms with Crippen molar-refractivity contribution in [3.63, 3.8) is 0 Å². The zero-order valence-electron chi connectivity index (χ0n) is 9.77. The number of carbonyl (C=O) groups excluding carboxylic acids is 1. The molecule has 0 aliphatic heterocycles. The van der Waals surface area contributed by atoms with Crippen LogP contribution in [0.2, 0.25) is 0 Å². The monoisotopic (exact) mass is 227 g/mol. The number of hydrogen-bond donors (Lipinski definition) is 1. The van der Waals surface area contributed by atoms with Crippen LogP contribution in [0.15, 0.2) is 16.7 Å². The Kier molecular flexibility index (Phi) is 4.52. The molecule has 1 atom stereocenters. The molecule has 16 heavy (non-hydrogen) atoms. The number of carbonyl (C=O) groups is 1. The van der Waals surface area contributed by atoms with Crippen molar-refractivity contribution in [3.05, 3.63) is 23.7 Å². The molecule has 0 saturated carbocycles. The third kappa shape index (κ3) is 3.08. The fourth-order valence-electron chi connectivity index (χ4n) is 1.46. The number of methoxy groups -OCH3 is 1. The van der Waals surface area contributed by atoms with Gasteiger partial charge in [-0.05, 0) is 13.0 Å². The summed E-state index contributed by atoms with van der Waals surface area (Å²) in [6, 6.07) is 1.62. The van der Waals surface area contributed by atoms with E-state index in [2.05, 4.69) is 0 Å². The van der Waals surface area contributed by atoms with E-state index < -0.39 is 6.10 Å². The molecule has 0 radical (unpaired) electrons. The van der Waals surface area contributed by atoms with Gasteiger partial charge in [-0.3, -0.25) is 4.79 Å². The number of amides is 1. The lowest BCUT2D eigenvalue weighted by molar-refractivity contribution is 0.0379.